The third-order valence-corrected chi connectivity index (χ3v) is 2.80. The van der Waals surface area contributed by atoms with Crippen LogP contribution in [0.15, 0.2) is 18.2 Å². The molecule has 0 atom stereocenters. The minimum absolute atomic E-state index is 0. The minimum Gasteiger partial charge on any atom is -0.0654 e. The van der Waals surface area contributed by atoms with E-state index in [1.165, 1.54) is 48.8 Å². The second-order valence-electron chi connectivity index (χ2n) is 4.24. The number of aryl methyl sites for hydroxylation is 3. The minimum atomic E-state index is 0. The molecule has 0 amide bonds. The lowest BCUT2D eigenvalue weighted by atomic mass is 10.00. The molecule has 0 spiro atoms. The van der Waals surface area contributed by atoms with Gasteiger partial charge in [-0.1, -0.05) is 49.9 Å². The smallest absolute Gasteiger partial charge is 0 e. The van der Waals surface area contributed by atoms with Gasteiger partial charge in [0.2, 0.25) is 0 Å². The maximum atomic E-state index is 2.29. The van der Waals surface area contributed by atoms with E-state index in [4.69, 9.17) is 0 Å². The van der Waals surface area contributed by atoms with Crippen molar-refractivity contribution in [2.24, 2.45) is 0 Å². The highest BCUT2D eigenvalue weighted by Gasteiger charge is 1.97. The van der Waals surface area contributed by atoms with Crippen LogP contribution >= 0.6 is 0 Å². The summed E-state index contributed by atoms with van der Waals surface area (Å²) in [4.78, 5) is 0. The summed E-state index contributed by atoms with van der Waals surface area (Å²) in [6, 6.07) is 6.80. The molecule has 0 saturated heterocycles. The van der Waals surface area contributed by atoms with Gasteiger partial charge in [0.05, 0.1) is 0 Å². The van der Waals surface area contributed by atoms with Crippen molar-refractivity contribution < 1.29 is 1.43 Å². The standard InChI is InChI=1S/C14H22.H2/c1-4-5-6-7-8-14-10-9-12(2)11-13(14)3;/h9-11H,4-8H2,1-3H3;1H. The average molecular weight is 192 g/mol. The van der Waals surface area contributed by atoms with Crippen LogP contribution in [-0.4, -0.2) is 0 Å². The van der Waals surface area contributed by atoms with E-state index in [1.54, 1.807) is 0 Å². The first-order valence-corrected chi connectivity index (χ1v) is 5.80. The van der Waals surface area contributed by atoms with Crippen molar-refractivity contribution in [2.45, 2.75) is 52.9 Å². The Bertz CT molecular complexity index is 279. The summed E-state index contributed by atoms with van der Waals surface area (Å²) in [6.45, 7) is 6.65. The van der Waals surface area contributed by atoms with Gasteiger partial charge >= 0.3 is 0 Å². The molecule has 1 aromatic carbocycles. The highest BCUT2D eigenvalue weighted by molar-refractivity contribution is 5.30. The molecule has 0 aromatic heterocycles. The number of unbranched alkanes of at least 4 members (excludes halogenated alkanes) is 3. The van der Waals surface area contributed by atoms with Crippen LogP contribution in [0.3, 0.4) is 0 Å². The van der Waals surface area contributed by atoms with Gasteiger partial charge in [-0.2, -0.15) is 0 Å². The third-order valence-electron chi connectivity index (χ3n) is 2.80. The van der Waals surface area contributed by atoms with Gasteiger partial charge in [0.25, 0.3) is 0 Å². The van der Waals surface area contributed by atoms with Gasteiger partial charge in [-0.3, -0.25) is 0 Å². The summed E-state index contributed by atoms with van der Waals surface area (Å²) in [5.74, 6) is 0. The van der Waals surface area contributed by atoms with E-state index in [0.29, 0.717) is 0 Å². The molecule has 80 valence electrons. The predicted molar refractivity (Wildman–Crippen MR) is 65.9 cm³/mol. The van der Waals surface area contributed by atoms with Crippen LogP contribution in [0.2, 0.25) is 0 Å². The molecule has 14 heavy (non-hydrogen) atoms. The number of hydrogen-bond donors (Lipinski definition) is 0. The quantitative estimate of drug-likeness (QED) is 0.595. The monoisotopic (exact) mass is 192 g/mol. The molecule has 0 heteroatoms. The second-order valence-corrected chi connectivity index (χ2v) is 4.24. The van der Waals surface area contributed by atoms with Crippen molar-refractivity contribution >= 4 is 0 Å². The van der Waals surface area contributed by atoms with Crippen molar-refractivity contribution in [1.82, 2.24) is 0 Å². The lowest BCUT2D eigenvalue weighted by Gasteiger charge is -2.06. The Balaban J connectivity index is 0.00000196. The molecular formula is C14H24. The molecule has 1 aromatic rings. The van der Waals surface area contributed by atoms with Crippen molar-refractivity contribution in [3.8, 4) is 0 Å². The average Bonchev–Trinajstić information content (AvgIpc) is 2.15. The Morgan fingerprint density at radius 1 is 1.07 bits per heavy atom. The van der Waals surface area contributed by atoms with E-state index in [1.807, 2.05) is 0 Å². The van der Waals surface area contributed by atoms with Gasteiger partial charge in [-0.05, 0) is 37.8 Å². The Morgan fingerprint density at radius 2 is 1.86 bits per heavy atom. The largest absolute Gasteiger partial charge is 0.0654 e. The highest BCUT2D eigenvalue weighted by Crippen LogP contribution is 2.14. The fraction of sp³-hybridized carbons (Fsp3) is 0.571. The SMILES string of the molecule is CCCCCCc1ccc(C)cc1C.[HH]. The molecule has 0 radical (unpaired) electrons. The first kappa shape index (κ1) is 11.3. The molecule has 0 aliphatic heterocycles. The zero-order chi connectivity index (χ0) is 10.4. The summed E-state index contributed by atoms with van der Waals surface area (Å²) in [5, 5.41) is 0. The number of rotatable bonds is 5. The fourth-order valence-corrected chi connectivity index (χ4v) is 1.87. The van der Waals surface area contributed by atoms with Crippen LogP contribution in [0.4, 0.5) is 0 Å². The van der Waals surface area contributed by atoms with Crippen LogP contribution in [0, 0.1) is 13.8 Å². The van der Waals surface area contributed by atoms with E-state index >= 15 is 0 Å². The predicted octanol–water partition coefficient (Wildman–Crippen LogP) is 4.67. The lowest BCUT2D eigenvalue weighted by Crippen LogP contribution is -1.90. The topological polar surface area (TPSA) is 0 Å². The Labute approximate surface area is 89.8 Å². The second kappa shape index (κ2) is 5.85. The third kappa shape index (κ3) is 3.53. The summed E-state index contributed by atoms with van der Waals surface area (Å²) < 4.78 is 0. The Morgan fingerprint density at radius 3 is 2.50 bits per heavy atom. The molecule has 0 bridgehead atoms. The van der Waals surface area contributed by atoms with Gasteiger partial charge in [0, 0.05) is 1.43 Å². The van der Waals surface area contributed by atoms with E-state index in [2.05, 4.69) is 39.0 Å². The van der Waals surface area contributed by atoms with Crippen LogP contribution in [0.5, 0.6) is 0 Å². The number of benzene rings is 1. The Hall–Kier alpha value is -0.780. The zero-order valence-corrected chi connectivity index (χ0v) is 9.77. The van der Waals surface area contributed by atoms with Crippen LogP contribution < -0.4 is 0 Å². The lowest BCUT2D eigenvalue weighted by molar-refractivity contribution is 0.665. The van der Waals surface area contributed by atoms with Crippen LogP contribution in [0.25, 0.3) is 0 Å². The van der Waals surface area contributed by atoms with Gasteiger partial charge in [0.15, 0.2) is 0 Å². The first-order chi connectivity index (χ1) is 6.74. The Kier molecular flexibility index (Phi) is 4.72. The van der Waals surface area contributed by atoms with Crippen molar-refractivity contribution in [3.05, 3.63) is 34.9 Å². The maximum absolute atomic E-state index is 2.29. The molecule has 1 rings (SSSR count). The molecule has 0 aliphatic rings. The molecule has 0 fully saturated rings. The fourth-order valence-electron chi connectivity index (χ4n) is 1.87. The molecule has 0 nitrogen and oxygen atoms in total. The summed E-state index contributed by atoms with van der Waals surface area (Å²) in [5.41, 5.74) is 4.37. The van der Waals surface area contributed by atoms with E-state index in [9.17, 15) is 0 Å². The first-order valence-electron chi connectivity index (χ1n) is 5.80. The normalized spacial score (nSPS) is 10.5. The zero-order valence-electron chi connectivity index (χ0n) is 9.77. The molecule has 0 unspecified atom stereocenters. The van der Waals surface area contributed by atoms with Crippen molar-refractivity contribution in [1.29, 1.82) is 0 Å². The van der Waals surface area contributed by atoms with Gasteiger partial charge in [-0.15, -0.1) is 0 Å². The van der Waals surface area contributed by atoms with Crippen molar-refractivity contribution in [3.63, 3.8) is 0 Å². The van der Waals surface area contributed by atoms with Crippen molar-refractivity contribution in [2.75, 3.05) is 0 Å². The maximum Gasteiger partial charge on any atom is 0 e. The molecule has 0 saturated carbocycles. The molecule has 0 N–H and O–H groups in total. The van der Waals surface area contributed by atoms with Crippen LogP contribution in [0.1, 0.15) is 50.7 Å². The highest BCUT2D eigenvalue weighted by atomic mass is 14.0. The van der Waals surface area contributed by atoms with E-state index in [-0.39, 0.29) is 1.43 Å². The number of hydrogen-bond acceptors (Lipinski definition) is 0. The van der Waals surface area contributed by atoms with Gasteiger partial charge in [-0.25, -0.2) is 0 Å². The molecule has 0 heterocycles. The van der Waals surface area contributed by atoms with E-state index < -0.39 is 0 Å². The van der Waals surface area contributed by atoms with Gasteiger partial charge in [0.1, 0.15) is 0 Å². The molecular weight excluding hydrogens is 168 g/mol. The van der Waals surface area contributed by atoms with Crippen LogP contribution in [-0.2, 0) is 6.42 Å². The summed E-state index contributed by atoms with van der Waals surface area (Å²) in [7, 11) is 0. The van der Waals surface area contributed by atoms with E-state index in [0.717, 1.165) is 0 Å². The summed E-state index contributed by atoms with van der Waals surface area (Å²) in [6.07, 6.45) is 6.69. The molecule has 0 aliphatic carbocycles. The summed E-state index contributed by atoms with van der Waals surface area (Å²) >= 11 is 0. The van der Waals surface area contributed by atoms with Gasteiger partial charge < -0.3 is 0 Å².